The Labute approximate surface area is 414 Å². The summed E-state index contributed by atoms with van der Waals surface area (Å²) in [6, 6.07) is 85.3. The van der Waals surface area contributed by atoms with Crippen LogP contribution in [0.2, 0.25) is 0 Å². The molecule has 0 heterocycles. The minimum atomic E-state index is -3.36. The van der Waals surface area contributed by atoms with Crippen LogP contribution < -0.4 is 31.8 Å². The standard InChI is InChI=1S/2C31H29ClNP/c2*1-26(13-12-22-33)23-27-14-11-15-28(24-27)25-34(32,29-16-5-2-6-17-29,30-18-7-3-8-19-30)31-20-9-4-10-21-31/h2*2-11,14-21,23-24H,12-13,25H2,1H3. The van der Waals surface area contributed by atoms with Gasteiger partial charge in [-0.2, -0.15) is 0 Å². The molecule has 68 heavy (non-hydrogen) atoms. The summed E-state index contributed by atoms with van der Waals surface area (Å²) in [4.78, 5) is 0. The van der Waals surface area contributed by atoms with Crippen molar-refractivity contribution in [2.45, 2.75) is 51.9 Å². The van der Waals surface area contributed by atoms with Gasteiger partial charge in [0, 0.05) is 0 Å². The molecule has 0 atom stereocenters. The van der Waals surface area contributed by atoms with Gasteiger partial charge < -0.3 is 0 Å². The van der Waals surface area contributed by atoms with Gasteiger partial charge in [0.05, 0.1) is 0 Å². The van der Waals surface area contributed by atoms with Crippen LogP contribution in [0.15, 0.2) is 242 Å². The Balaban J connectivity index is 0.000000201. The summed E-state index contributed by atoms with van der Waals surface area (Å²) in [5.41, 5.74) is 7.09. The van der Waals surface area contributed by atoms with E-state index in [-0.39, 0.29) is 0 Å². The Morgan fingerprint density at radius 3 is 0.868 bits per heavy atom. The van der Waals surface area contributed by atoms with Gasteiger partial charge in [0.1, 0.15) is 0 Å². The molecule has 340 valence electrons. The van der Waals surface area contributed by atoms with Crippen molar-refractivity contribution in [2.24, 2.45) is 0 Å². The van der Waals surface area contributed by atoms with Gasteiger partial charge in [-0.3, -0.25) is 0 Å². The van der Waals surface area contributed by atoms with Crippen LogP contribution >= 0.6 is 34.4 Å². The van der Waals surface area contributed by atoms with Crippen LogP contribution in [0.1, 0.15) is 61.8 Å². The Bertz CT molecular complexity index is 2630. The fourth-order valence-electron chi connectivity index (χ4n) is 9.34. The van der Waals surface area contributed by atoms with Crippen molar-refractivity contribution in [1.29, 1.82) is 10.5 Å². The molecule has 8 aromatic rings. The number of rotatable bonds is 16. The number of halogens is 2. The van der Waals surface area contributed by atoms with E-state index in [4.69, 9.17) is 33.0 Å². The molecule has 8 rings (SSSR count). The number of nitrogens with zero attached hydrogens (tertiary/aromatic N) is 2. The average molecular weight is 964 g/mol. The van der Waals surface area contributed by atoms with Crippen LogP contribution in [-0.4, -0.2) is 0 Å². The van der Waals surface area contributed by atoms with E-state index in [9.17, 15) is 0 Å². The average Bonchev–Trinajstić information content (AvgIpc) is 3.39. The Kier molecular flexibility index (Phi) is 16.5. The molecule has 2 nitrogen and oxygen atoms in total. The first-order chi connectivity index (χ1) is 33.1. The summed E-state index contributed by atoms with van der Waals surface area (Å²) >= 11 is 16.4. The van der Waals surface area contributed by atoms with E-state index < -0.39 is 11.9 Å². The molecule has 0 unspecified atom stereocenters. The van der Waals surface area contributed by atoms with Crippen molar-refractivity contribution in [3.05, 3.63) is 264 Å². The summed E-state index contributed by atoms with van der Waals surface area (Å²) in [5.74, 6) is -6.72. The zero-order chi connectivity index (χ0) is 47.8. The Morgan fingerprint density at radius 2 is 0.632 bits per heavy atom. The van der Waals surface area contributed by atoms with Crippen molar-refractivity contribution in [2.75, 3.05) is 0 Å². The van der Waals surface area contributed by atoms with Crippen LogP contribution in [0, 0.1) is 22.7 Å². The minimum absolute atomic E-state index is 0.538. The van der Waals surface area contributed by atoms with Crippen LogP contribution in [0.3, 0.4) is 0 Å². The van der Waals surface area contributed by atoms with Gasteiger partial charge in [-0.05, 0) is 0 Å². The van der Waals surface area contributed by atoms with E-state index in [2.05, 4.69) is 232 Å². The van der Waals surface area contributed by atoms with Crippen molar-refractivity contribution < 1.29 is 0 Å². The first kappa shape index (κ1) is 49.6. The quantitative estimate of drug-likeness (QED) is 0.0906. The van der Waals surface area contributed by atoms with E-state index in [0.29, 0.717) is 25.2 Å². The molecule has 0 aromatic heterocycles. The summed E-state index contributed by atoms with van der Waals surface area (Å²) in [5, 5.41) is 24.8. The predicted octanol–water partition coefficient (Wildman–Crippen LogP) is 15.2. The van der Waals surface area contributed by atoms with E-state index in [1.165, 1.54) is 54.1 Å². The second kappa shape index (κ2) is 22.6. The van der Waals surface area contributed by atoms with Crippen molar-refractivity contribution in [1.82, 2.24) is 0 Å². The van der Waals surface area contributed by atoms with Crippen molar-refractivity contribution >= 4 is 78.4 Å². The predicted molar refractivity (Wildman–Crippen MR) is 299 cm³/mol. The first-order valence-corrected chi connectivity index (χ1v) is 29.8. The molecule has 0 saturated carbocycles. The molecule has 0 amide bonds. The summed E-state index contributed by atoms with van der Waals surface area (Å²) in [7, 11) is 0. The Morgan fingerprint density at radius 1 is 0.382 bits per heavy atom. The Hall–Kier alpha value is -6.34. The molecule has 0 saturated heterocycles. The number of allylic oxidation sites excluding steroid dienone is 2. The van der Waals surface area contributed by atoms with Gasteiger partial charge >= 0.3 is 417 Å². The van der Waals surface area contributed by atoms with Gasteiger partial charge in [-0.1, -0.05) is 0 Å². The molecular formula is C62H58Cl2N2P2. The third-order valence-corrected chi connectivity index (χ3v) is 27.1. The van der Waals surface area contributed by atoms with Crippen LogP contribution in [-0.2, 0) is 12.3 Å². The van der Waals surface area contributed by atoms with Crippen LogP contribution in [0.25, 0.3) is 12.2 Å². The van der Waals surface area contributed by atoms with Crippen LogP contribution in [0.4, 0.5) is 0 Å². The molecule has 6 heteroatoms. The third-order valence-electron chi connectivity index (χ3n) is 12.7. The van der Waals surface area contributed by atoms with E-state index in [1.54, 1.807) is 0 Å². The second-order valence-corrected chi connectivity index (χ2v) is 30.4. The van der Waals surface area contributed by atoms with E-state index in [1.807, 2.05) is 36.4 Å². The molecule has 0 aliphatic carbocycles. The van der Waals surface area contributed by atoms with Gasteiger partial charge in [0.2, 0.25) is 0 Å². The fourth-order valence-corrected chi connectivity index (χ4v) is 21.6. The molecule has 0 bridgehead atoms. The van der Waals surface area contributed by atoms with Crippen LogP contribution in [0.5, 0.6) is 0 Å². The molecule has 0 spiro atoms. The van der Waals surface area contributed by atoms with Crippen molar-refractivity contribution in [3.8, 4) is 12.1 Å². The summed E-state index contributed by atoms with van der Waals surface area (Å²) < 4.78 is 0. The molecule has 0 aliphatic rings. The van der Waals surface area contributed by atoms with Gasteiger partial charge in [-0.25, -0.2) is 0 Å². The van der Waals surface area contributed by atoms with E-state index in [0.717, 1.165) is 24.0 Å². The number of benzene rings is 8. The second-order valence-electron chi connectivity index (χ2n) is 17.5. The zero-order valence-electron chi connectivity index (χ0n) is 38.9. The van der Waals surface area contributed by atoms with Crippen molar-refractivity contribution in [3.63, 3.8) is 0 Å². The molecule has 0 aliphatic heterocycles. The van der Waals surface area contributed by atoms with Gasteiger partial charge in [0.25, 0.3) is 0 Å². The zero-order valence-corrected chi connectivity index (χ0v) is 42.2. The van der Waals surface area contributed by atoms with E-state index >= 15 is 0 Å². The molecule has 0 fully saturated rings. The topological polar surface area (TPSA) is 47.6 Å². The monoisotopic (exact) mass is 962 g/mol. The summed E-state index contributed by atoms with van der Waals surface area (Å²) in [6.45, 7) is 4.17. The number of nitriles is 2. The summed E-state index contributed by atoms with van der Waals surface area (Å²) in [6.07, 6.45) is 8.43. The molecule has 0 N–H and O–H groups in total. The third kappa shape index (κ3) is 10.8. The molecule has 8 aromatic carbocycles. The number of hydrogen-bond acceptors (Lipinski definition) is 2. The maximum atomic E-state index is 8.92. The molecule has 0 radical (unpaired) electrons. The van der Waals surface area contributed by atoms with Gasteiger partial charge in [-0.15, -0.1) is 0 Å². The van der Waals surface area contributed by atoms with Gasteiger partial charge in [0.15, 0.2) is 0 Å². The normalized spacial score (nSPS) is 13.0. The molecular weight excluding hydrogens is 906 g/mol. The fraction of sp³-hybridized carbons (Fsp3) is 0.129. The SMILES string of the molecule is CC(=Cc1cccc(CP(Cl)(c2ccccc2)(c2ccccc2)c2ccccc2)c1)CCC#N.CC(=Cc1cccc(CP(Cl)(c2ccccc2)(c2ccccc2)c2ccccc2)c1)CCC#N. The number of hydrogen-bond donors (Lipinski definition) is 0. The first-order valence-electron chi connectivity index (χ1n) is 23.1. The maximum absolute atomic E-state index is 8.92.